The highest BCUT2D eigenvalue weighted by Crippen LogP contribution is 2.17. The van der Waals surface area contributed by atoms with E-state index in [0.29, 0.717) is 22.5 Å². The molecule has 4 aromatic carbocycles. The molecule has 10 heteroatoms. The normalized spacial score (nSPS) is 12.6. The van der Waals surface area contributed by atoms with E-state index in [2.05, 4.69) is 20.6 Å². The van der Waals surface area contributed by atoms with Crippen LogP contribution in [0, 0.1) is 0 Å². The van der Waals surface area contributed by atoms with Crippen molar-refractivity contribution < 1.29 is 40.6 Å². The number of nitrogens with zero attached hydrogens (tertiary/aromatic N) is 2. The van der Waals surface area contributed by atoms with Crippen molar-refractivity contribution in [1.29, 1.82) is 0 Å². The molecular weight excluding hydrogens is 536 g/mol. The smallest absolute Gasteiger partial charge is 0.335 e. The SMILES string of the molecule is C1C[NH2+]CC[NH2+]1.O=C(O)c1cccc(N=Cc2ccccc2[O-])c1.O=C(O)c1cccc(N=Cc2ccccc2[O-])c1. The lowest BCUT2D eigenvalue weighted by Gasteiger charge is -2.07. The fraction of sp³-hybridized carbons (Fsp3) is 0.125. The van der Waals surface area contributed by atoms with Crippen molar-refractivity contribution in [3.8, 4) is 11.5 Å². The van der Waals surface area contributed by atoms with E-state index in [9.17, 15) is 19.8 Å². The molecule has 0 atom stereocenters. The van der Waals surface area contributed by atoms with Gasteiger partial charge in [-0.2, -0.15) is 0 Å². The predicted octanol–water partition coefficient (Wildman–Crippen LogP) is 1.54. The molecule has 0 spiro atoms. The number of carboxylic acids is 2. The van der Waals surface area contributed by atoms with Gasteiger partial charge in [0.25, 0.3) is 0 Å². The minimum atomic E-state index is -1.00. The number of aromatic carboxylic acids is 2. The number of aliphatic imine (C=N–C) groups is 2. The first kappa shape index (κ1) is 31.2. The summed E-state index contributed by atoms with van der Waals surface area (Å²) in [4.78, 5) is 29.7. The monoisotopic (exact) mass is 568 g/mol. The molecule has 0 bridgehead atoms. The van der Waals surface area contributed by atoms with Gasteiger partial charge in [0.15, 0.2) is 0 Å². The Morgan fingerprint density at radius 3 is 1.31 bits per heavy atom. The first-order chi connectivity index (χ1) is 20.3. The summed E-state index contributed by atoms with van der Waals surface area (Å²) >= 11 is 0. The molecule has 5 rings (SSSR count). The zero-order valence-corrected chi connectivity index (χ0v) is 22.8. The number of nitrogens with two attached hydrogens (primary N) is 2. The molecule has 0 amide bonds. The quantitative estimate of drug-likeness (QED) is 0.256. The van der Waals surface area contributed by atoms with Crippen LogP contribution in [0.1, 0.15) is 31.8 Å². The van der Waals surface area contributed by atoms with Gasteiger partial charge >= 0.3 is 11.9 Å². The van der Waals surface area contributed by atoms with Crippen LogP contribution in [0.3, 0.4) is 0 Å². The molecule has 4 aromatic rings. The predicted molar refractivity (Wildman–Crippen MR) is 156 cm³/mol. The van der Waals surface area contributed by atoms with Crippen LogP contribution in [-0.4, -0.2) is 60.8 Å². The van der Waals surface area contributed by atoms with Crippen molar-refractivity contribution in [2.24, 2.45) is 9.98 Å². The molecule has 1 saturated heterocycles. The van der Waals surface area contributed by atoms with Gasteiger partial charge in [0.05, 0.1) is 22.5 Å². The van der Waals surface area contributed by atoms with Crippen LogP contribution in [0.4, 0.5) is 11.4 Å². The minimum absolute atomic E-state index is 0.115. The first-order valence-corrected chi connectivity index (χ1v) is 13.2. The molecule has 0 aromatic heterocycles. The number of para-hydroxylation sites is 2. The summed E-state index contributed by atoms with van der Waals surface area (Å²) in [5.41, 5.74) is 2.27. The van der Waals surface area contributed by atoms with E-state index in [1.54, 1.807) is 60.7 Å². The number of piperazine rings is 1. The molecule has 1 aliphatic heterocycles. The fourth-order valence-corrected chi connectivity index (χ4v) is 3.66. The molecule has 0 aliphatic carbocycles. The van der Waals surface area contributed by atoms with E-state index < -0.39 is 11.9 Å². The van der Waals surface area contributed by atoms with Crippen molar-refractivity contribution in [3.05, 3.63) is 119 Å². The van der Waals surface area contributed by atoms with Gasteiger partial charge in [-0.15, -0.1) is 11.5 Å². The third-order valence-corrected chi connectivity index (χ3v) is 5.88. The standard InChI is InChI=1S/2C14H11NO3.C4H10N2/c2*16-13-7-2-1-4-11(13)9-15-12-6-3-5-10(8-12)14(17)18;1-2-6-4-3-5-1/h2*1-9,16H,(H,17,18);5-6H,1-4H2. The number of hydrogen-bond donors (Lipinski definition) is 4. The molecule has 216 valence electrons. The Labute approximate surface area is 243 Å². The summed E-state index contributed by atoms with van der Waals surface area (Å²) in [6, 6.07) is 25.5. The minimum Gasteiger partial charge on any atom is -0.872 e. The largest absolute Gasteiger partial charge is 0.872 e. The van der Waals surface area contributed by atoms with Gasteiger partial charge in [0.1, 0.15) is 26.2 Å². The molecule has 0 saturated carbocycles. The second kappa shape index (κ2) is 16.7. The van der Waals surface area contributed by atoms with E-state index >= 15 is 0 Å². The van der Waals surface area contributed by atoms with E-state index in [4.69, 9.17) is 10.2 Å². The van der Waals surface area contributed by atoms with Gasteiger partial charge in [-0.3, -0.25) is 9.98 Å². The lowest BCUT2D eigenvalue weighted by molar-refractivity contribution is -0.787. The number of carboxylic acid groups (broad SMARTS) is 2. The van der Waals surface area contributed by atoms with Gasteiger partial charge in [-0.1, -0.05) is 60.7 Å². The van der Waals surface area contributed by atoms with E-state index in [0.717, 1.165) is 0 Å². The Morgan fingerprint density at radius 1 is 0.595 bits per heavy atom. The summed E-state index contributed by atoms with van der Waals surface area (Å²) in [5.74, 6) is -2.24. The highest BCUT2D eigenvalue weighted by atomic mass is 16.4. The Bertz CT molecular complexity index is 1410. The van der Waals surface area contributed by atoms with Gasteiger partial charge in [-0.25, -0.2) is 9.59 Å². The average molecular weight is 569 g/mol. The van der Waals surface area contributed by atoms with Gasteiger partial charge in [-0.05, 0) is 47.5 Å². The van der Waals surface area contributed by atoms with Gasteiger partial charge < -0.3 is 31.1 Å². The third-order valence-electron chi connectivity index (χ3n) is 5.88. The van der Waals surface area contributed by atoms with Crippen molar-refractivity contribution in [1.82, 2.24) is 0 Å². The summed E-state index contributed by atoms with van der Waals surface area (Å²) in [7, 11) is 0. The summed E-state index contributed by atoms with van der Waals surface area (Å²) in [5, 5.41) is 45.3. The Morgan fingerprint density at radius 2 is 0.976 bits per heavy atom. The van der Waals surface area contributed by atoms with Crippen LogP contribution >= 0.6 is 0 Å². The maximum absolute atomic E-state index is 11.4. The van der Waals surface area contributed by atoms with Crippen molar-refractivity contribution in [2.45, 2.75) is 0 Å². The first-order valence-electron chi connectivity index (χ1n) is 13.2. The van der Waals surface area contributed by atoms with E-state index in [-0.39, 0.29) is 22.6 Å². The number of rotatable bonds is 6. The average Bonchev–Trinajstić information content (AvgIpc) is 3.02. The second-order valence-electron chi connectivity index (χ2n) is 9.04. The summed E-state index contributed by atoms with van der Waals surface area (Å²) in [6.07, 6.45) is 2.87. The molecular formula is C32H32N4O6. The maximum atomic E-state index is 11.4. The van der Waals surface area contributed by atoms with E-state index in [1.807, 2.05) is 0 Å². The molecule has 42 heavy (non-hydrogen) atoms. The van der Waals surface area contributed by atoms with Gasteiger partial charge in [0, 0.05) is 12.4 Å². The summed E-state index contributed by atoms with van der Waals surface area (Å²) in [6.45, 7) is 5.28. The van der Waals surface area contributed by atoms with E-state index in [1.165, 1.54) is 75.0 Å². The Hall–Kier alpha value is -5.32. The lowest BCUT2D eigenvalue weighted by atomic mass is 10.2. The number of quaternary nitrogens is 2. The number of carbonyl (C=O) groups is 2. The lowest BCUT2D eigenvalue weighted by Crippen LogP contribution is -3.04. The molecule has 1 heterocycles. The van der Waals surface area contributed by atoms with Crippen LogP contribution in [0.5, 0.6) is 11.5 Å². The van der Waals surface area contributed by atoms with Crippen LogP contribution in [0.2, 0.25) is 0 Å². The van der Waals surface area contributed by atoms with Gasteiger partial charge in [0.2, 0.25) is 0 Å². The molecule has 6 N–H and O–H groups in total. The van der Waals surface area contributed by atoms with Crippen LogP contribution < -0.4 is 20.8 Å². The highest BCUT2D eigenvalue weighted by Gasteiger charge is 2.03. The van der Waals surface area contributed by atoms with Crippen LogP contribution in [-0.2, 0) is 0 Å². The molecule has 1 fully saturated rings. The summed E-state index contributed by atoms with van der Waals surface area (Å²) < 4.78 is 0. The zero-order chi connectivity index (χ0) is 30.2. The molecule has 1 aliphatic rings. The highest BCUT2D eigenvalue weighted by molar-refractivity contribution is 5.90. The Balaban J connectivity index is 0.000000192. The van der Waals surface area contributed by atoms with Crippen molar-refractivity contribution >= 4 is 35.7 Å². The number of hydrogen-bond acceptors (Lipinski definition) is 6. The van der Waals surface area contributed by atoms with Crippen LogP contribution in [0.25, 0.3) is 0 Å². The van der Waals surface area contributed by atoms with Crippen molar-refractivity contribution in [2.75, 3.05) is 26.2 Å². The zero-order valence-electron chi connectivity index (χ0n) is 22.8. The molecule has 10 nitrogen and oxygen atoms in total. The fourth-order valence-electron chi connectivity index (χ4n) is 3.66. The maximum Gasteiger partial charge on any atom is 0.335 e. The number of benzene rings is 4. The Kier molecular flexibility index (Phi) is 12.4. The molecule has 0 radical (unpaired) electrons. The third kappa shape index (κ3) is 10.7. The topological polar surface area (TPSA) is 179 Å². The molecule has 0 unspecified atom stereocenters. The van der Waals surface area contributed by atoms with Crippen LogP contribution in [0.15, 0.2) is 107 Å². The van der Waals surface area contributed by atoms with Crippen molar-refractivity contribution in [3.63, 3.8) is 0 Å². The second-order valence-corrected chi connectivity index (χ2v) is 9.04.